The number of hydrogen-bond donors (Lipinski definition) is 4. The molecule has 3 rings (SSSR count). The van der Waals surface area contributed by atoms with Crippen LogP contribution in [0.3, 0.4) is 0 Å². The molecule has 1 saturated heterocycles. The lowest BCUT2D eigenvalue weighted by Gasteiger charge is -2.10. The van der Waals surface area contributed by atoms with E-state index in [0.717, 1.165) is 31.5 Å². The van der Waals surface area contributed by atoms with E-state index in [0.29, 0.717) is 17.1 Å². The minimum atomic E-state index is 0.0764. The summed E-state index contributed by atoms with van der Waals surface area (Å²) in [5.41, 5.74) is 13.5. The minimum Gasteiger partial charge on any atom is -0.507 e. The molecule has 0 unspecified atom stereocenters. The van der Waals surface area contributed by atoms with Gasteiger partial charge in [0.25, 0.3) is 0 Å². The van der Waals surface area contributed by atoms with Gasteiger partial charge in [-0.05, 0) is 43.2 Å². The highest BCUT2D eigenvalue weighted by molar-refractivity contribution is 5.87. The van der Waals surface area contributed by atoms with Gasteiger partial charge in [-0.2, -0.15) is 0 Å². The topological polar surface area (TPSA) is 132 Å². The SMILES string of the molecule is C#N.C=CC(=O)N1CCCC1.N/C(=C\c1cc[nH]c1N)c1ccccc1O. The average Bonchev–Trinajstić information content (AvgIpc) is 3.36. The lowest BCUT2D eigenvalue weighted by Crippen LogP contribution is -2.25. The van der Waals surface area contributed by atoms with E-state index >= 15 is 0 Å². The number of aromatic amines is 1. The molecule has 6 N–H and O–H groups in total. The second kappa shape index (κ2) is 11.1. The molecule has 0 aliphatic carbocycles. The monoisotopic (exact) mass is 367 g/mol. The van der Waals surface area contributed by atoms with Gasteiger partial charge in [-0.3, -0.25) is 4.79 Å². The van der Waals surface area contributed by atoms with E-state index in [1.54, 1.807) is 30.5 Å². The molecule has 1 aliphatic heterocycles. The number of nitrogens with one attached hydrogen (secondary N) is 1. The number of nitriles is 1. The van der Waals surface area contributed by atoms with Crippen LogP contribution in [-0.4, -0.2) is 34.0 Å². The normalized spacial score (nSPS) is 13.0. The number of nitrogen functional groups attached to an aromatic ring is 1. The van der Waals surface area contributed by atoms with Gasteiger partial charge in [0, 0.05) is 42.7 Å². The Hall–Kier alpha value is -3.66. The Morgan fingerprint density at radius 2 is 1.89 bits per heavy atom. The van der Waals surface area contributed by atoms with Gasteiger partial charge in [-0.15, -0.1) is 0 Å². The van der Waals surface area contributed by atoms with E-state index < -0.39 is 0 Å². The average molecular weight is 367 g/mol. The third-order valence-electron chi connectivity index (χ3n) is 3.93. The summed E-state index contributed by atoms with van der Waals surface area (Å²) < 4.78 is 0. The maximum absolute atomic E-state index is 10.8. The first-order valence-corrected chi connectivity index (χ1v) is 8.38. The number of benzene rings is 1. The molecule has 27 heavy (non-hydrogen) atoms. The lowest BCUT2D eigenvalue weighted by atomic mass is 10.1. The Labute approximate surface area is 159 Å². The first-order chi connectivity index (χ1) is 13.0. The van der Waals surface area contributed by atoms with Crippen LogP contribution in [0.5, 0.6) is 5.75 Å². The summed E-state index contributed by atoms with van der Waals surface area (Å²) >= 11 is 0. The highest BCUT2D eigenvalue weighted by Gasteiger charge is 2.14. The van der Waals surface area contributed by atoms with E-state index in [9.17, 15) is 9.90 Å². The summed E-state index contributed by atoms with van der Waals surface area (Å²) in [6.45, 7) is 8.76. The van der Waals surface area contributed by atoms with Crippen molar-refractivity contribution in [1.29, 1.82) is 5.26 Å². The summed E-state index contributed by atoms with van der Waals surface area (Å²) in [6.07, 6.45) is 7.14. The van der Waals surface area contributed by atoms with Gasteiger partial charge in [0.2, 0.25) is 5.91 Å². The molecule has 2 heterocycles. The molecule has 0 atom stereocenters. The molecule has 142 valence electrons. The number of carbonyl (C=O) groups excluding carboxylic acids is 1. The maximum Gasteiger partial charge on any atom is 0.245 e. The molecule has 7 nitrogen and oxygen atoms in total. The van der Waals surface area contributed by atoms with Crippen molar-refractivity contribution in [3.8, 4) is 12.3 Å². The number of carbonyl (C=O) groups is 1. The molecule has 0 radical (unpaired) electrons. The lowest BCUT2D eigenvalue weighted by molar-refractivity contribution is -0.124. The second-order valence-electron chi connectivity index (χ2n) is 5.70. The molecule has 0 bridgehead atoms. The van der Waals surface area contributed by atoms with Gasteiger partial charge in [-0.1, -0.05) is 18.7 Å². The number of phenolic OH excluding ortho intramolecular Hbond substituents is 1. The standard InChI is InChI=1S/C12H13N3O.C7H11NO.CHN/c13-10(7-8-5-6-15-12(8)14)9-3-1-2-4-11(9)16;1-2-7(9)8-5-3-4-6-8;1-2/h1-7,15-16H,13-14H2;2H,1,3-6H2;1H/b10-7-;;. The number of anilines is 1. The Bertz CT molecular complexity index is 801. The number of phenols is 1. The largest absolute Gasteiger partial charge is 0.507 e. The van der Waals surface area contributed by atoms with Crippen LogP contribution in [0, 0.1) is 11.8 Å². The summed E-state index contributed by atoms with van der Waals surface area (Å²) in [7, 11) is 0. The fraction of sp³-hybridized carbons (Fsp3) is 0.200. The molecule has 7 heteroatoms. The van der Waals surface area contributed by atoms with E-state index in [4.69, 9.17) is 16.7 Å². The number of aromatic hydroxyl groups is 1. The van der Waals surface area contributed by atoms with Crippen molar-refractivity contribution in [2.75, 3.05) is 18.8 Å². The van der Waals surface area contributed by atoms with Crippen LogP contribution in [0.1, 0.15) is 24.0 Å². The minimum absolute atomic E-state index is 0.0764. The predicted molar refractivity (Wildman–Crippen MR) is 108 cm³/mol. The van der Waals surface area contributed by atoms with Crippen LogP contribution in [0.4, 0.5) is 5.82 Å². The number of rotatable bonds is 3. The van der Waals surface area contributed by atoms with E-state index in [-0.39, 0.29) is 11.7 Å². The van der Waals surface area contributed by atoms with Gasteiger partial charge >= 0.3 is 0 Å². The van der Waals surface area contributed by atoms with Crippen LogP contribution >= 0.6 is 0 Å². The first-order valence-electron chi connectivity index (χ1n) is 8.38. The predicted octanol–water partition coefficient (Wildman–Crippen LogP) is 2.69. The van der Waals surface area contributed by atoms with Gasteiger partial charge < -0.3 is 26.5 Å². The van der Waals surface area contributed by atoms with Crippen molar-refractivity contribution in [2.45, 2.75) is 12.8 Å². The zero-order chi connectivity index (χ0) is 20.2. The van der Waals surface area contributed by atoms with Crippen molar-refractivity contribution >= 4 is 23.5 Å². The van der Waals surface area contributed by atoms with Gasteiger partial charge in [-0.25, -0.2) is 5.26 Å². The number of aromatic nitrogens is 1. The number of para-hydroxylation sites is 1. The van der Waals surface area contributed by atoms with Crippen molar-refractivity contribution < 1.29 is 9.90 Å². The van der Waals surface area contributed by atoms with Crippen LogP contribution in [0.15, 0.2) is 49.2 Å². The second-order valence-corrected chi connectivity index (χ2v) is 5.70. The zero-order valence-electron chi connectivity index (χ0n) is 15.1. The van der Waals surface area contributed by atoms with Crippen molar-refractivity contribution in [1.82, 2.24) is 9.88 Å². The summed E-state index contributed by atoms with van der Waals surface area (Å²) in [6, 6.07) is 8.73. The molecule has 1 fully saturated rings. The molecule has 1 amide bonds. The molecule has 0 spiro atoms. The number of likely N-dealkylation sites (tertiary alicyclic amines) is 1. The quantitative estimate of drug-likeness (QED) is 0.619. The summed E-state index contributed by atoms with van der Waals surface area (Å²) in [5.74, 6) is 0.788. The first kappa shape index (κ1) is 21.4. The number of nitrogens with two attached hydrogens (primary N) is 2. The molecule has 2 aromatic rings. The Balaban J connectivity index is 0.000000282. The number of H-pyrrole nitrogens is 1. The van der Waals surface area contributed by atoms with Crippen molar-refractivity contribution in [3.05, 3.63) is 60.3 Å². The zero-order valence-corrected chi connectivity index (χ0v) is 15.1. The summed E-state index contributed by atoms with van der Waals surface area (Å²) in [4.78, 5) is 15.5. The van der Waals surface area contributed by atoms with Gasteiger partial charge in [0.05, 0.1) is 0 Å². The fourth-order valence-corrected chi connectivity index (χ4v) is 2.55. The van der Waals surface area contributed by atoms with Crippen LogP contribution in [0.2, 0.25) is 0 Å². The van der Waals surface area contributed by atoms with Crippen LogP contribution in [-0.2, 0) is 4.79 Å². The molecular weight excluding hydrogens is 342 g/mol. The highest BCUT2D eigenvalue weighted by Crippen LogP contribution is 2.24. The third-order valence-corrected chi connectivity index (χ3v) is 3.93. The van der Waals surface area contributed by atoms with Crippen molar-refractivity contribution in [2.24, 2.45) is 5.73 Å². The molecule has 1 aliphatic rings. The molecular formula is C20H25N5O2. The Morgan fingerprint density at radius 3 is 2.41 bits per heavy atom. The fourth-order valence-electron chi connectivity index (χ4n) is 2.55. The Kier molecular flexibility index (Phi) is 8.75. The third kappa shape index (κ3) is 6.29. The summed E-state index contributed by atoms with van der Waals surface area (Å²) in [5, 5.41) is 16.1. The van der Waals surface area contributed by atoms with Crippen LogP contribution < -0.4 is 11.5 Å². The maximum atomic E-state index is 10.8. The van der Waals surface area contributed by atoms with Crippen LogP contribution in [0.25, 0.3) is 11.8 Å². The number of nitrogens with zero attached hydrogens (tertiary/aromatic N) is 2. The Morgan fingerprint density at radius 1 is 1.26 bits per heavy atom. The van der Waals surface area contributed by atoms with Gasteiger partial charge in [0.15, 0.2) is 0 Å². The molecule has 0 saturated carbocycles. The van der Waals surface area contributed by atoms with E-state index in [1.165, 1.54) is 6.08 Å². The van der Waals surface area contributed by atoms with E-state index in [1.807, 2.05) is 17.0 Å². The van der Waals surface area contributed by atoms with Crippen molar-refractivity contribution in [3.63, 3.8) is 0 Å². The molecule has 1 aromatic carbocycles. The van der Waals surface area contributed by atoms with Gasteiger partial charge in [0.1, 0.15) is 11.6 Å². The number of amides is 1. The van der Waals surface area contributed by atoms with E-state index in [2.05, 4.69) is 18.1 Å². The molecule has 1 aromatic heterocycles. The number of hydrogen-bond acceptors (Lipinski definition) is 5. The smallest absolute Gasteiger partial charge is 0.245 e. The highest BCUT2D eigenvalue weighted by atomic mass is 16.3.